The van der Waals surface area contributed by atoms with Gasteiger partial charge in [0, 0.05) is 0 Å². The highest BCUT2D eigenvalue weighted by Gasteiger charge is 2.26. The fourth-order valence-corrected chi connectivity index (χ4v) is 0.896. The zero-order chi connectivity index (χ0) is 11.3. The van der Waals surface area contributed by atoms with Crippen molar-refractivity contribution in [1.29, 1.82) is 0 Å². The van der Waals surface area contributed by atoms with Crippen LogP contribution in [-0.4, -0.2) is 19.1 Å². The highest BCUT2D eigenvalue weighted by Crippen LogP contribution is 2.19. The van der Waals surface area contributed by atoms with E-state index in [2.05, 4.69) is 0 Å². The van der Waals surface area contributed by atoms with Gasteiger partial charge >= 0.3 is 6.18 Å². The van der Waals surface area contributed by atoms with E-state index in [1.54, 1.807) is 0 Å². The number of carbonyl (C=O) groups is 1. The Kier molecular flexibility index (Phi) is 3.90. The van der Waals surface area contributed by atoms with Crippen molar-refractivity contribution >= 4 is 6.29 Å². The maximum Gasteiger partial charge on any atom is 0.391 e. The molecule has 0 atom stereocenters. The summed E-state index contributed by atoms with van der Waals surface area (Å²) < 4.78 is 44.7. The van der Waals surface area contributed by atoms with Crippen LogP contribution in [-0.2, 0) is 11.3 Å². The number of hydrogen-bond acceptors (Lipinski definition) is 3. The lowest BCUT2D eigenvalue weighted by molar-refractivity contribution is -0.146. The summed E-state index contributed by atoms with van der Waals surface area (Å²) in [5, 5.41) is 0. The first-order valence-electron chi connectivity index (χ1n) is 4.19. The molecule has 1 aromatic heterocycles. The molecule has 15 heavy (non-hydrogen) atoms. The summed E-state index contributed by atoms with van der Waals surface area (Å²) in [6.07, 6.45) is -4.69. The second-order valence-electron chi connectivity index (χ2n) is 2.84. The number of carbonyl (C=O) groups excluding carboxylic acids is 1. The lowest BCUT2D eigenvalue weighted by Crippen LogP contribution is -2.11. The van der Waals surface area contributed by atoms with Crippen molar-refractivity contribution in [2.45, 2.75) is 19.2 Å². The van der Waals surface area contributed by atoms with E-state index in [1.807, 2.05) is 0 Å². The smallest absolute Gasteiger partial charge is 0.391 e. The van der Waals surface area contributed by atoms with Crippen molar-refractivity contribution in [3.05, 3.63) is 23.7 Å². The van der Waals surface area contributed by atoms with E-state index < -0.39 is 19.2 Å². The third kappa shape index (κ3) is 4.64. The second kappa shape index (κ2) is 4.97. The van der Waals surface area contributed by atoms with E-state index in [4.69, 9.17) is 9.15 Å². The maximum absolute atomic E-state index is 11.7. The minimum absolute atomic E-state index is 0.0656. The standard InChI is InChI=1S/C9H9F3O3/c10-9(11,12)3-4-14-6-8-2-1-7(5-13)15-8/h1-2,5H,3-4,6H2. The number of halogens is 3. The van der Waals surface area contributed by atoms with Gasteiger partial charge in [-0.05, 0) is 12.1 Å². The van der Waals surface area contributed by atoms with Crippen molar-refractivity contribution in [2.24, 2.45) is 0 Å². The minimum Gasteiger partial charge on any atom is -0.456 e. The predicted octanol–water partition coefficient (Wildman–Crippen LogP) is 2.56. The molecular formula is C9H9F3O3. The Balaban J connectivity index is 2.23. The molecule has 0 bridgehead atoms. The monoisotopic (exact) mass is 222 g/mol. The van der Waals surface area contributed by atoms with E-state index in [9.17, 15) is 18.0 Å². The molecule has 0 fully saturated rings. The molecule has 0 aliphatic carbocycles. The number of rotatable bonds is 5. The molecule has 84 valence electrons. The van der Waals surface area contributed by atoms with Crippen LogP contribution in [0.5, 0.6) is 0 Å². The van der Waals surface area contributed by atoms with Gasteiger partial charge in [0.2, 0.25) is 0 Å². The summed E-state index contributed by atoms with van der Waals surface area (Å²) in [4.78, 5) is 10.2. The van der Waals surface area contributed by atoms with Gasteiger partial charge in [0.15, 0.2) is 12.0 Å². The Labute approximate surface area is 83.8 Å². The summed E-state index contributed by atoms with van der Waals surface area (Å²) in [6, 6.07) is 2.91. The third-order valence-corrected chi connectivity index (χ3v) is 1.57. The van der Waals surface area contributed by atoms with Crippen molar-refractivity contribution in [1.82, 2.24) is 0 Å². The topological polar surface area (TPSA) is 39.4 Å². The van der Waals surface area contributed by atoms with Gasteiger partial charge in [-0.1, -0.05) is 0 Å². The molecule has 0 radical (unpaired) electrons. The number of furan rings is 1. The van der Waals surface area contributed by atoms with Crippen LogP contribution in [0.25, 0.3) is 0 Å². The van der Waals surface area contributed by atoms with Crippen molar-refractivity contribution in [3.8, 4) is 0 Å². The van der Waals surface area contributed by atoms with E-state index in [0.29, 0.717) is 12.0 Å². The van der Waals surface area contributed by atoms with Gasteiger partial charge in [0.1, 0.15) is 12.4 Å². The van der Waals surface area contributed by atoms with E-state index in [1.165, 1.54) is 12.1 Å². The van der Waals surface area contributed by atoms with Crippen LogP contribution in [0.4, 0.5) is 13.2 Å². The van der Waals surface area contributed by atoms with Crippen LogP contribution < -0.4 is 0 Å². The van der Waals surface area contributed by atoms with Crippen LogP contribution in [0.2, 0.25) is 0 Å². The molecule has 0 aromatic carbocycles. The van der Waals surface area contributed by atoms with Gasteiger partial charge < -0.3 is 9.15 Å². The van der Waals surface area contributed by atoms with Crippen LogP contribution in [0.1, 0.15) is 22.7 Å². The summed E-state index contributed by atoms with van der Waals surface area (Å²) in [5.74, 6) is 0.462. The Bertz CT molecular complexity index is 317. The average molecular weight is 222 g/mol. The zero-order valence-corrected chi connectivity index (χ0v) is 7.71. The zero-order valence-electron chi connectivity index (χ0n) is 7.71. The quantitative estimate of drug-likeness (QED) is 0.567. The Morgan fingerprint density at radius 2 is 2.13 bits per heavy atom. The first kappa shape index (κ1) is 11.8. The Morgan fingerprint density at radius 1 is 1.40 bits per heavy atom. The van der Waals surface area contributed by atoms with Crippen LogP contribution >= 0.6 is 0 Å². The van der Waals surface area contributed by atoms with Gasteiger partial charge in [-0.25, -0.2) is 0 Å². The molecule has 3 nitrogen and oxygen atoms in total. The lowest BCUT2D eigenvalue weighted by Gasteiger charge is -2.05. The minimum atomic E-state index is -4.21. The molecule has 0 unspecified atom stereocenters. The van der Waals surface area contributed by atoms with Gasteiger partial charge in [0.05, 0.1) is 13.0 Å². The Hall–Kier alpha value is -1.30. The van der Waals surface area contributed by atoms with Gasteiger partial charge in [-0.3, -0.25) is 4.79 Å². The van der Waals surface area contributed by atoms with Crippen LogP contribution in [0.3, 0.4) is 0 Å². The van der Waals surface area contributed by atoms with E-state index in [-0.39, 0.29) is 12.4 Å². The summed E-state index contributed by atoms with van der Waals surface area (Å²) in [5.41, 5.74) is 0. The molecule has 1 heterocycles. The largest absolute Gasteiger partial charge is 0.456 e. The lowest BCUT2D eigenvalue weighted by atomic mass is 10.4. The van der Waals surface area contributed by atoms with Gasteiger partial charge in [0.25, 0.3) is 0 Å². The third-order valence-electron chi connectivity index (χ3n) is 1.57. The highest BCUT2D eigenvalue weighted by molar-refractivity contribution is 5.70. The molecule has 0 N–H and O–H groups in total. The summed E-state index contributed by atoms with van der Waals surface area (Å²) >= 11 is 0. The van der Waals surface area contributed by atoms with Gasteiger partial charge in [-0.15, -0.1) is 0 Å². The average Bonchev–Trinajstić information content (AvgIpc) is 2.59. The number of aldehydes is 1. The summed E-state index contributed by atoms with van der Waals surface area (Å²) in [7, 11) is 0. The molecular weight excluding hydrogens is 213 g/mol. The second-order valence-corrected chi connectivity index (χ2v) is 2.84. The first-order chi connectivity index (χ1) is 7.01. The van der Waals surface area contributed by atoms with Crippen molar-refractivity contribution < 1.29 is 27.1 Å². The number of alkyl halides is 3. The van der Waals surface area contributed by atoms with E-state index >= 15 is 0 Å². The molecule has 6 heteroatoms. The maximum atomic E-state index is 11.7. The SMILES string of the molecule is O=Cc1ccc(COCCC(F)(F)F)o1. The molecule has 0 saturated carbocycles. The van der Waals surface area contributed by atoms with Crippen molar-refractivity contribution in [3.63, 3.8) is 0 Å². The molecule has 1 rings (SSSR count). The number of ether oxygens (including phenoxy) is 1. The normalized spacial score (nSPS) is 11.7. The predicted molar refractivity (Wildman–Crippen MR) is 44.4 cm³/mol. The summed E-state index contributed by atoms with van der Waals surface area (Å²) in [6.45, 7) is -0.482. The molecule has 0 saturated heterocycles. The fourth-order valence-electron chi connectivity index (χ4n) is 0.896. The molecule has 0 amide bonds. The van der Waals surface area contributed by atoms with E-state index in [0.717, 1.165) is 0 Å². The molecule has 0 aliphatic heterocycles. The highest BCUT2D eigenvalue weighted by atomic mass is 19.4. The van der Waals surface area contributed by atoms with Gasteiger partial charge in [-0.2, -0.15) is 13.2 Å². The fraction of sp³-hybridized carbons (Fsp3) is 0.444. The molecule has 0 spiro atoms. The molecule has 1 aromatic rings. The Morgan fingerprint density at radius 3 is 2.67 bits per heavy atom. The molecule has 0 aliphatic rings. The number of hydrogen-bond donors (Lipinski definition) is 0. The first-order valence-corrected chi connectivity index (χ1v) is 4.19. The van der Waals surface area contributed by atoms with Crippen molar-refractivity contribution in [2.75, 3.05) is 6.61 Å². The van der Waals surface area contributed by atoms with Crippen LogP contribution in [0.15, 0.2) is 16.5 Å². The van der Waals surface area contributed by atoms with Crippen LogP contribution in [0, 0.1) is 0 Å².